The van der Waals surface area contributed by atoms with Gasteiger partial charge in [0.15, 0.2) is 0 Å². The van der Waals surface area contributed by atoms with Gasteiger partial charge in [-0.05, 0) is 48.9 Å². The molecule has 1 aromatic heterocycles. The van der Waals surface area contributed by atoms with E-state index < -0.39 is 41.3 Å². The molecule has 4 nitrogen and oxygen atoms in total. The van der Waals surface area contributed by atoms with Gasteiger partial charge in [-0.1, -0.05) is 6.07 Å². The number of carbonyl (C=O) groups is 1. The van der Waals surface area contributed by atoms with Crippen LogP contribution in [0.25, 0.3) is 20.8 Å². The fourth-order valence-corrected chi connectivity index (χ4v) is 4.23. The Bertz CT molecular complexity index is 1280. The van der Waals surface area contributed by atoms with Crippen molar-refractivity contribution in [3.63, 3.8) is 0 Å². The van der Waals surface area contributed by atoms with E-state index in [1.807, 2.05) is 19.1 Å². The number of hydrogen-bond acceptors (Lipinski definition) is 4. The second-order valence-corrected chi connectivity index (χ2v) is 8.49. The van der Waals surface area contributed by atoms with E-state index in [4.69, 9.17) is 0 Å². The number of ether oxygens (including phenoxy) is 1. The average Bonchev–Trinajstić information content (AvgIpc) is 3.19. The lowest BCUT2D eigenvalue weighted by atomic mass is 9.99. The predicted molar refractivity (Wildman–Crippen MR) is 103 cm³/mol. The van der Waals surface area contributed by atoms with Crippen LogP contribution in [0, 0.1) is 6.92 Å². The molecule has 182 valence electrons. The van der Waals surface area contributed by atoms with Crippen molar-refractivity contribution in [1.82, 2.24) is 4.98 Å². The molecule has 34 heavy (non-hydrogen) atoms. The molecule has 0 spiro atoms. The second-order valence-electron chi connectivity index (χ2n) is 7.46. The van der Waals surface area contributed by atoms with Gasteiger partial charge in [0.25, 0.3) is 0 Å². The lowest BCUT2D eigenvalue weighted by molar-refractivity contribution is -0.366. The molecule has 0 radical (unpaired) electrons. The lowest BCUT2D eigenvalue weighted by Crippen LogP contribution is -2.63. The monoisotopic (exact) mass is 514 g/mol. The Kier molecular flexibility index (Phi) is 5.22. The van der Waals surface area contributed by atoms with Crippen molar-refractivity contribution in [2.24, 2.45) is 0 Å². The molecule has 1 aliphatic heterocycles. The number of nitrogens with zero attached hydrogens (tertiary/aromatic N) is 1. The third-order valence-corrected chi connectivity index (χ3v) is 6.12. The Balaban J connectivity index is 1.57. The van der Waals surface area contributed by atoms with Crippen LogP contribution in [0.4, 0.5) is 45.2 Å². The summed E-state index contributed by atoms with van der Waals surface area (Å²) in [5.74, 6) is -28.7. The molecule has 1 fully saturated rings. The molecule has 2 heterocycles. The molecule has 0 bridgehead atoms. The maximum atomic E-state index is 14.3. The summed E-state index contributed by atoms with van der Waals surface area (Å²) < 4.78 is 126. The summed E-state index contributed by atoms with van der Waals surface area (Å²) in [6.07, 6.45) is -6.30. The number of aromatic nitrogens is 1. The summed E-state index contributed by atoms with van der Waals surface area (Å²) in [5.41, 5.74) is 1.64. The van der Waals surface area contributed by atoms with Gasteiger partial charge in [0, 0.05) is 11.3 Å². The van der Waals surface area contributed by atoms with E-state index in [0.29, 0.717) is 16.1 Å². The number of thiazole rings is 1. The number of nitrogens with one attached hydrogen (secondary N) is 1. The zero-order chi connectivity index (χ0) is 25.3. The standard InChI is InChI=1S/C20H11F9N2O2S/c1-9-2-7-12-13(8-9)34-14(31-12)10-3-5-11(6-4-10)30-15(32)16(21,22)19(27)17(23,24)18(25,26)20(28,29)33-19/h2-8H,1H3,(H,30,32)/t19-/m0/s1. The lowest BCUT2D eigenvalue weighted by Gasteiger charge is -2.31. The predicted octanol–water partition coefficient (Wildman–Crippen LogP) is 6.40. The van der Waals surface area contributed by atoms with Gasteiger partial charge >= 0.3 is 35.6 Å². The quantitative estimate of drug-likeness (QED) is 0.410. The van der Waals surface area contributed by atoms with Gasteiger partial charge in [-0.2, -0.15) is 39.5 Å². The number of hydrogen-bond donors (Lipinski definition) is 1. The van der Waals surface area contributed by atoms with Crippen LogP contribution in [-0.2, 0) is 9.53 Å². The number of amides is 1. The van der Waals surface area contributed by atoms with Gasteiger partial charge in [0.2, 0.25) is 0 Å². The minimum absolute atomic E-state index is 0.468. The number of anilines is 1. The highest BCUT2D eigenvalue weighted by Crippen LogP contribution is 2.64. The molecule has 2 aromatic carbocycles. The van der Waals surface area contributed by atoms with E-state index in [2.05, 4.69) is 9.72 Å². The number of rotatable bonds is 4. The van der Waals surface area contributed by atoms with Crippen LogP contribution >= 0.6 is 11.3 Å². The number of alkyl halides is 9. The molecule has 1 atom stereocenters. The Morgan fingerprint density at radius 2 is 1.59 bits per heavy atom. The summed E-state index contributed by atoms with van der Waals surface area (Å²) >= 11 is 1.29. The van der Waals surface area contributed by atoms with Gasteiger partial charge in [0.05, 0.1) is 10.2 Å². The Labute approximate surface area is 188 Å². The summed E-state index contributed by atoms with van der Waals surface area (Å²) in [6.45, 7) is 1.88. The zero-order valence-corrected chi connectivity index (χ0v) is 17.4. The van der Waals surface area contributed by atoms with Crippen LogP contribution in [0.15, 0.2) is 42.5 Å². The SMILES string of the molecule is Cc1ccc2nc(-c3ccc(NC(=O)C(F)(F)[C@]4(F)OC(F)(F)C(F)(F)C4(F)F)cc3)sc2c1. The zero-order valence-electron chi connectivity index (χ0n) is 16.6. The topological polar surface area (TPSA) is 51.2 Å². The van der Waals surface area contributed by atoms with Crippen LogP contribution in [-0.4, -0.2) is 40.6 Å². The van der Waals surface area contributed by atoms with Gasteiger partial charge in [0.1, 0.15) is 5.01 Å². The average molecular weight is 514 g/mol. The summed E-state index contributed by atoms with van der Waals surface area (Å²) in [4.78, 5) is 16.2. The maximum absolute atomic E-state index is 14.3. The second kappa shape index (κ2) is 7.31. The van der Waals surface area contributed by atoms with Crippen LogP contribution in [0.5, 0.6) is 0 Å². The number of benzene rings is 2. The summed E-state index contributed by atoms with van der Waals surface area (Å²) in [7, 11) is 0. The molecule has 3 aromatic rings. The molecular weight excluding hydrogens is 503 g/mol. The number of carbonyl (C=O) groups excluding carboxylic acids is 1. The Hall–Kier alpha value is -2.87. The number of halogens is 9. The molecule has 0 saturated carbocycles. The van der Waals surface area contributed by atoms with Crippen molar-refractivity contribution in [3.05, 3.63) is 48.0 Å². The van der Waals surface area contributed by atoms with Crippen molar-refractivity contribution in [1.29, 1.82) is 0 Å². The first kappa shape index (κ1) is 24.3. The third kappa shape index (κ3) is 3.26. The number of aryl methyl sites for hydroxylation is 1. The van der Waals surface area contributed by atoms with Crippen LogP contribution in [0.3, 0.4) is 0 Å². The Morgan fingerprint density at radius 1 is 0.971 bits per heavy atom. The first-order valence-electron chi connectivity index (χ1n) is 9.23. The maximum Gasteiger partial charge on any atom is 0.428 e. The molecule has 1 saturated heterocycles. The first-order chi connectivity index (χ1) is 15.5. The van der Waals surface area contributed by atoms with Crippen LogP contribution in [0.2, 0.25) is 0 Å². The van der Waals surface area contributed by atoms with Crippen molar-refractivity contribution in [3.8, 4) is 10.6 Å². The largest absolute Gasteiger partial charge is 0.428 e. The molecule has 1 N–H and O–H groups in total. The minimum Gasteiger partial charge on any atom is -0.321 e. The molecule has 0 unspecified atom stereocenters. The van der Waals surface area contributed by atoms with E-state index in [1.54, 1.807) is 6.07 Å². The minimum atomic E-state index is -6.74. The fraction of sp³-hybridized carbons (Fsp3) is 0.300. The normalized spacial score (nSPS) is 23.2. The molecule has 4 rings (SSSR count). The highest BCUT2D eigenvalue weighted by atomic mass is 32.1. The highest BCUT2D eigenvalue weighted by molar-refractivity contribution is 7.21. The van der Waals surface area contributed by atoms with Crippen molar-refractivity contribution < 1.29 is 49.0 Å². The van der Waals surface area contributed by atoms with Gasteiger partial charge < -0.3 is 5.32 Å². The summed E-state index contributed by atoms with van der Waals surface area (Å²) in [6, 6.07) is 10.1. The Morgan fingerprint density at radius 3 is 2.15 bits per heavy atom. The van der Waals surface area contributed by atoms with Gasteiger partial charge in [-0.15, -0.1) is 11.3 Å². The van der Waals surface area contributed by atoms with E-state index >= 15 is 0 Å². The van der Waals surface area contributed by atoms with Crippen molar-refractivity contribution in [2.75, 3.05) is 5.32 Å². The van der Waals surface area contributed by atoms with E-state index in [-0.39, 0.29) is 0 Å². The first-order valence-corrected chi connectivity index (χ1v) is 10.0. The molecule has 1 aliphatic rings. The molecule has 14 heteroatoms. The summed E-state index contributed by atoms with van der Waals surface area (Å²) in [5, 5.41) is 1.85. The fourth-order valence-electron chi connectivity index (χ4n) is 3.16. The van der Waals surface area contributed by atoms with Crippen molar-refractivity contribution >= 4 is 33.1 Å². The van der Waals surface area contributed by atoms with Gasteiger partial charge in [-0.25, -0.2) is 4.98 Å². The van der Waals surface area contributed by atoms with Crippen LogP contribution in [0.1, 0.15) is 5.56 Å². The molecular formula is C20H11F9N2O2S. The van der Waals surface area contributed by atoms with Crippen LogP contribution < -0.4 is 5.32 Å². The van der Waals surface area contributed by atoms with E-state index in [0.717, 1.165) is 22.4 Å². The molecule has 1 amide bonds. The smallest absolute Gasteiger partial charge is 0.321 e. The van der Waals surface area contributed by atoms with E-state index in [9.17, 15) is 44.3 Å². The highest BCUT2D eigenvalue weighted by Gasteiger charge is 2.96. The molecule has 0 aliphatic carbocycles. The van der Waals surface area contributed by atoms with Crippen molar-refractivity contribution in [2.45, 2.75) is 36.7 Å². The van der Waals surface area contributed by atoms with Gasteiger partial charge in [-0.3, -0.25) is 9.53 Å². The number of fused-ring (bicyclic) bond motifs is 1. The third-order valence-electron chi connectivity index (χ3n) is 5.06. The van der Waals surface area contributed by atoms with E-state index in [1.165, 1.54) is 28.8 Å².